The van der Waals surface area contributed by atoms with E-state index in [0.717, 1.165) is 16.6 Å². The lowest BCUT2D eigenvalue weighted by Gasteiger charge is -2.23. The van der Waals surface area contributed by atoms with Crippen LogP contribution in [0.15, 0.2) is 48.5 Å². The number of likely N-dealkylation sites (N-methyl/N-ethyl adjacent to an activating group) is 1. The molecule has 0 spiro atoms. The number of nitrogens with one attached hydrogen (secondary N) is 1. The topological polar surface area (TPSA) is 119 Å². The monoisotopic (exact) mass is 400 g/mol. The van der Waals surface area contributed by atoms with E-state index in [9.17, 15) is 9.59 Å². The third-order valence-electron chi connectivity index (χ3n) is 3.92. The molecule has 0 aliphatic heterocycles. The van der Waals surface area contributed by atoms with Crippen molar-refractivity contribution in [2.45, 2.75) is 6.42 Å². The van der Waals surface area contributed by atoms with Crippen LogP contribution in [0.4, 0.5) is 5.69 Å². The average molecular weight is 400 g/mol. The summed E-state index contributed by atoms with van der Waals surface area (Å²) in [6.07, 6.45) is 0.168. The standard InChI is InChI=1S/C21H26N4O4/c1-25(2,3)12-13-28-19(26)14-15-4-10-18(11-5-15)29-20(27)16-6-8-17(9-7-16)24-21(22)23/h4-11H,12-14H2,1-3H3,(H3-,22,23,24,27)/p+2. The van der Waals surface area contributed by atoms with Gasteiger partial charge in [-0.25, -0.2) is 9.79 Å². The van der Waals surface area contributed by atoms with Crippen molar-refractivity contribution in [2.24, 2.45) is 11.5 Å². The van der Waals surface area contributed by atoms with Crippen molar-refractivity contribution in [1.29, 1.82) is 0 Å². The maximum absolute atomic E-state index is 12.2. The molecule has 8 nitrogen and oxygen atoms in total. The first-order valence-corrected chi connectivity index (χ1v) is 9.14. The fourth-order valence-electron chi connectivity index (χ4n) is 2.35. The zero-order valence-corrected chi connectivity index (χ0v) is 17.0. The minimum absolute atomic E-state index is 0.0673. The number of benzene rings is 2. The van der Waals surface area contributed by atoms with Gasteiger partial charge in [-0.05, 0) is 42.0 Å². The Morgan fingerprint density at radius 1 is 0.966 bits per heavy atom. The smallest absolute Gasteiger partial charge is 0.343 e. The molecule has 0 bridgehead atoms. The molecule has 0 heterocycles. The van der Waals surface area contributed by atoms with Crippen LogP contribution >= 0.6 is 0 Å². The molecule has 5 N–H and O–H groups in total. The molecule has 2 aromatic rings. The van der Waals surface area contributed by atoms with Crippen molar-refractivity contribution in [2.75, 3.05) is 34.3 Å². The first-order chi connectivity index (χ1) is 13.6. The Kier molecular flexibility index (Phi) is 7.33. The minimum atomic E-state index is -0.492. The lowest BCUT2D eigenvalue weighted by molar-refractivity contribution is -0.870. The quantitative estimate of drug-likeness (QED) is 0.184. The number of hydrogen-bond donors (Lipinski definition) is 3. The van der Waals surface area contributed by atoms with Gasteiger partial charge in [0, 0.05) is 0 Å². The molecule has 0 aliphatic rings. The highest BCUT2D eigenvalue weighted by Crippen LogP contribution is 2.15. The molecule has 0 aliphatic carbocycles. The molecule has 0 atom stereocenters. The lowest BCUT2D eigenvalue weighted by atomic mass is 10.1. The molecule has 8 heteroatoms. The van der Waals surface area contributed by atoms with Crippen LogP contribution < -0.4 is 21.2 Å². The normalized spacial score (nSPS) is 10.9. The summed E-state index contributed by atoms with van der Waals surface area (Å²) in [6, 6.07) is 13.3. The van der Waals surface area contributed by atoms with Gasteiger partial charge in [0.1, 0.15) is 18.9 Å². The molecule has 0 saturated heterocycles. The van der Waals surface area contributed by atoms with E-state index in [0.29, 0.717) is 23.6 Å². The first-order valence-electron chi connectivity index (χ1n) is 9.14. The van der Waals surface area contributed by atoms with Crippen LogP contribution in [0.1, 0.15) is 15.9 Å². The second kappa shape index (κ2) is 9.70. The Labute approximate surface area is 170 Å². The Hall–Kier alpha value is -3.39. The van der Waals surface area contributed by atoms with E-state index in [1.54, 1.807) is 48.5 Å². The average Bonchev–Trinajstić information content (AvgIpc) is 2.62. The maximum Gasteiger partial charge on any atom is 0.343 e. The predicted octanol–water partition coefficient (Wildman–Crippen LogP) is -0.317. The maximum atomic E-state index is 12.2. The molecule has 0 saturated carbocycles. The highest BCUT2D eigenvalue weighted by Gasteiger charge is 2.12. The van der Waals surface area contributed by atoms with E-state index in [4.69, 9.17) is 20.9 Å². The number of carbonyl (C=O) groups excluding carboxylic acids is 2. The van der Waals surface area contributed by atoms with Gasteiger partial charge >= 0.3 is 17.9 Å². The summed E-state index contributed by atoms with van der Waals surface area (Å²) in [7, 11) is 6.11. The minimum Gasteiger partial charge on any atom is -0.459 e. The van der Waals surface area contributed by atoms with E-state index in [2.05, 4.69) is 4.99 Å². The highest BCUT2D eigenvalue weighted by molar-refractivity contribution is 5.91. The van der Waals surface area contributed by atoms with Crippen LogP contribution in [0.25, 0.3) is 0 Å². The van der Waals surface area contributed by atoms with Crippen molar-refractivity contribution in [3.63, 3.8) is 0 Å². The zero-order valence-electron chi connectivity index (χ0n) is 17.0. The van der Waals surface area contributed by atoms with Gasteiger partial charge in [0.15, 0.2) is 0 Å². The molecule has 2 aromatic carbocycles. The van der Waals surface area contributed by atoms with E-state index < -0.39 is 5.97 Å². The summed E-state index contributed by atoms with van der Waals surface area (Å²) < 4.78 is 11.3. The Balaban J connectivity index is 1.87. The third-order valence-corrected chi connectivity index (χ3v) is 3.92. The van der Waals surface area contributed by atoms with Crippen molar-refractivity contribution in [3.8, 4) is 5.75 Å². The third kappa shape index (κ3) is 8.02. The molecule has 29 heavy (non-hydrogen) atoms. The van der Waals surface area contributed by atoms with Crippen molar-refractivity contribution in [3.05, 3.63) is 59.7 Å². The van der Waals surface area contributed by atoms with E-state index in [-0.39, 0.29) is 18.3 Å². The van der Waals surface area contributed by atoms with Gasteiger partial charge in [-0.2, -0.15) is 0 Å². The van der Waals surface area contributed by atoms with Gasteiger partial charge in [0.05, 0.1) is 38.8 Å². The SMILES string of the molecule is C[N+](C)(C)CCOC(=O)Cc1ccc(OC(=O)c2ccc([NH+]=C(N)N)cc2)cc1. The van der Waals surface area contributed by atoms with Gasteiger partial charge in [0.25, 0.3) is 0 Å². The van der Waals surface area contributed by atoms with Gasteiger partial charge in [-0.3, -0.25) is 16.3 Å². The number of ether oxygens (including phenoxy) is 2. The summed E-state index contributed by atoms with van der Waals surface area (Å²) in [5.74, 6) is -0.322. The number of rotatable bonds is 8. The van der Waals surface area contributed by atoms with E-state index >= 15 is 0 Å². The molecule has 0 radical (unpaired) electrons. The molecule has 0 aromatic heterocycles. The van der Waals surface area contributed by atoms with Crippen LogP contribution in [-0.2, 0) is 16.0 Å². The van der Waals surface area contributed by atoms with Crippen LogP contribution in [0.5, 0.6) is 5.75 Å². The van der Waals surface area contributed by atoms with Crippen LogP contribution in [0, 0.1) is 0 Å². The molecule has 154 valence electrons. The highest BCUT2D eigenvalue weighted by atomic mass is 16.5. The number of quaternary nitrogens is 1. The summed E-state index contributed by atoms with van der Waals surface area (Å²) in [5.41, 5.74) is 12.6. The summed E-state index contributed by atoms with van der Waals surface area (Å²) in [5, 5.41) is 0. The molecule has 0 fully saturated rings. The predicted molar refractivity (Wildman–Crippen MR) is 109 cm³/mol. The largest absolute Gasteiger partial charge is 0.459 e. The van der Waals surface area contributed by atoms with Gasteiger partial charge in [0.2, 0.25) is 0 Å². The molecular weight excluding hydrogens is 372 g/mol. The molecule has 2 rings (SSSR count). The first kappa shape index (κ1) is 21.9. The second-order valence-electron chi connectivity index (χ2n) is 7.60. The van der Waals surface area contributed by atoms with E-state index in [1.165, 1.54) is 0 Å². The number of hydrogen-bond acceptors (Lipinski definition) is 4. The van der Waals surface area contributed by atoms with Crippen molar-refractivity contribution in [1.82, 2.24) is 0 Å². The number of nitrogens with zero attached hydrogens (tertiary/aromatic N) is 1. The van der Waals surface area contributed by atoms with Crippen LogP contribution in [-0.4, -0.2) is 56.7 Å². The van der Waals surface area contributed by atoms with Crippen molar-refractivity contribution < 1.29 is 28.5 Å². The Bertz CT molecular complexity index is 865. The second-order valence-corrected chi connectivity index (χ2v) is 7.60. The number of carbonyl (C=O) groups is 2. The Morgan fingerprint density at radius 2 is 1.59 bits per heavy atom. The lowest BCUT2D eigenvalue weighted by Crippen LogP contribution is -2.72. The molecule has 0 amide bonds. The summed E-state index contributed by atoms with van der Waals surface area (Å²) >= 11 is 0. The van der Waals surface area contributed by atoms with Gasteiger partial charge < -0.3 is 14.0 Å². The summed E-state index contributed by atoms with van der Waals surface area (Å²) in [4.78, 5) is 26.9. The van der Waals surface area contributed by atoms with Crippen LogP contribution in [0.3, 0.4) is 0 Å². The van der Waals surface area contributed by atoms with Gasteiger partial charge in [-0.15, -0.1) is 0 Å². The fourth-order valence-corrected chi connectivity index (χ4v) is 2.35. The van der Waals surface area contributed by atoms with Crippen molar-refractivity contribution >= 4 is 23.6 Å². The molecule has 0 unspecified atom stereocenters. The number of nitrogens with two attached hydrogens (primary N) is 2. The zero-order chi connectivity index (χ0) is 21.4. The number of esters is 2. The summed E-state index contributed by atoms with van der Waals surface area (Å²) in [6.45, 7) is 1.12. The Morgan fingerprint density at radius 3 is 2.14 bits per heavy atom. The van der Waals surface area contributed by atoms with Crippen LogP contribution in [0.2, 0.25) is 0 Å². The molecular formula is C21H28N4O4+2. The fraction of sp³-hybridized carbons (Fsp3) is 0.286. The number of guanidine groups is 1. The van der Waals surface area contributed by atoms with E-state index in [1.807, 2.05) is 21.1 Å². The van der Waals surface area contributed by atoms with Gasteiger partial charge in [-0.1, -0.05) is 12.1 Å².